The zero-order valence-electron chi connectivity index (χ0n) is 15.4. The minimum absolute atomic E-state index is 0.0708. The topological polar surface area (TPSA) is 95.8 Å². The van der Waals surface area contributed by atoms with Gasteiger partial charge in [-0.05, 0) is 47.2 Å². The van der Waals surface area contributed by atoms with E-state index in [0.29, 0.717) is 27.1 Å². The van der Waals surface area contributed by atoms with Gasteiger partial charge in [0.1, 0.15) is 0 Å². The lowest BCUT2D eigenvalue weighted by atomic mass is 10.1. The molecule has 0 fully saturated rings. The summed E-state index contributed by atoms with van der Waals surface area (Å²) in [7, 11) is 0. The smallest absolute Gasteiger partial charge is 0.258 e. The van der Waals surface area contributed by atoms with Gasteiger partial charge in [-0.2, -0.15) is 35.7 Å². The van der Waals surface area contributed by atoms with Gasteiger partial charge in [0.2, 0.25) is 0 Å². The first-order valence-electron chi connectivity index (χ1n) is 8.34. The van der Waals surface area contributed by atoms with Crippen molar-refractivity contribution in [2.75, 3.05) is 0 Å². The van der Waals surface area contributed by atoms with Gasteiger partial charge in [-0.3, -0.25) is 10.1 Å². The average Bonchev–Trinajstić information content (AvgIpc) is 3.00. The number of nitrogens with zero attached hydrogens (tertiary/aromatic N) is 5. The summed E-state index contributed by atoms with van der Waals surface area (Å²) in [5, 5.41) is 17.7. The first-order valence-corrected chi connectivity index (χ1v) is 8.34. The van der Waals surface area contributed by atoms with Crippen molar-refractivity contribution in [3.63, 3.8) is 0 Å². The van der Waals surface area contributed by atoms with Crippen molar-refractivity contribution in [3.05, 3.63) is 79.3 Å². The summed E-state index contributed by atoms with van der Waals surface area (Å²) < 4.78 is 79.2. The van der Waals surface area contributed by atoms with Crippen molar-refractivity contribution in [2.24, 2.45) is 0 Å². The van der Waals surface area contributed by atoms with Gasteiger partial charge in [0.05, 0.1) is 28.3 Å². The summed E-state index contributed by atoms with van der Waals surface area (Å²) in [4.78, 5) is 22.7. The van der Waals surface area contributed by atoms with Crippen LogP contribution in [0.5, 0.6) is 0 Å². The zero-order valence-corrected chi connectivity index (χ0v) is 15.4. The zero-order chi connectivity index (χ0) is 23.1. The average molecular weight is 447 g/mol. The molecule has 0 N–H and O–H groups in total. The van der Waals surface area contributed by atoms with E-state index >= 15 is 0 Å². The highest BCUT2D eigenvalue weighted by molar-refractivity contribution is 5.43. The molecule has 1 heterocycles. The molecule has 0 aliphatic heterocycles. The summed E-state index contributed by atoms with van der Waals surface area (Å²) in [6.07, 6.45) is -10.2. The molecule has 0 unspecified atom stereocenters. The molecule has 31 heavy (non-hydrogen) atoms. The Kier molecular flexibility index (Phi) is 5.33. The van der Waals surface area contributed by atoms with Crippen LogP contribution in [0.15, 0.2) is 41.2 Å². The Morgan fingerprint density at radius 2 is 1.55 bits per heavy atom. The van der Waals surface area contributed by atoms with E-state index in [2.05, 4.69) is 10.4 Å². The molecular formula is C17H11F6N5O3. The highest BCUT2D eigenvalue weighted by Crippen LogP contribution is 2.36. The number of aryl methyl sites for hydroxylation is 1. The molecule has 14 heteroatoms. The molecule has 2 aromatic carbocycles. The van der Waals surface area contributed by atoms with E-state index in [1.165, 1.54) is 25.1 Å². The largest absolute Gasteiger partial charge is 0.416 e. The fourth-order valence-electron chi connectivity index (χ4n) is 2.79. The second-order valence-corrected chi connectivity index (χ2v) is 6.47. The van der Waals surface area contributed by atoms with Gasteiger partial charge in [0.15, 0.2) is 0 Å². The molecule has 0 amide bonds. The second kappa shape index (κ2) is 7.52. The molecule has 164 valence electrons. The van der Waals surface area contributed by atoms with E-state index in [1.54, 1.807) is 0 Å². The van der Waals surface area contributed by atoms with E-state index < -0.39 is 39.8 Å². The maximum Gasteiger partial charge on any atom is 0.416 e. The quantitative estimate of drug-likeness (QED) is 0.345. The van der Waals surface area contributed by atoms with E-state index in [9.17, 15) is 41.3 Å². The van der Waals surface area contributed by atoms with Crippen molar-refractivity contribution >= 4 is 5.69 Å². The van der Waals surface area contributed by atoms with E-state index in [-0.39, 0.29) is 23.9 Å². The van der Waals surface area contributed by atoms with E-state index in [1.807, 2.05) is 0 Å². The van der Waals surface area contributed by atoms with Crippen LogP contribution in [-0.2, 0) is 18.9 Å². The molecule has 1 aromatic heterocycles. The number of nitro groups is 1. The molecule has 0 aliphatic rings. The SMILES string of the molecule is Cc1cc(Cn2nnn(-c3cc(C(F)(F)F)cc(C(F)(F)F)c3)c2=O)ccc1[N+](=O)[O-]. The monoisotopic (exact) mass is 447 g/mol. The molecule has 3 rings (SSSR count). The fraction of sp³-hybridized carbons (Fsp3) is 0.235. The van der Waals surface area contributed by atoms with Crippen LogP contribution in [0.2, 0.25) is 0 Å². The number of benzene rings is 2. The molecule has 0 aliphatic carbocycles. The van der Waals surface area contributed by atoms with Crippen molar-refractivity contribution in [1.29, 1.82) is 0 Å². The van der Waals surface area contributed by atoms with Crippen LogP contribution in [0.4, 0.5) is 32.0 Å². The first-order chi connectivity index (χ1) is 14.3. The van der Waals surface area contributed by atoms with Crippen LogP contribution in [-0.4, -0.2) is 24.7 Å². The van der Waals surface area contributed by atoms with Crippen LogP contribution in [0.1, 0.15) is 22.3 Å². The van der Waals surface area contributed by atoms with Gasteiger partial charge >= 0.3 is 18.0 Å². The van der Waals surface area contributed by atoms with Gasteiger partial charge in [-0.1, -0.05) is 6.07 Å². The molecule has 0 radical (unpaired) electrons. The normalized spacial score (nSPS) is 12.2. The van der Waals surface area contributed by atoms with Crippen molar-refractivity contribution in [3.8, 4) is 5.69 Å². The Morgan fingerprint density at radius 3 is 2.03 bits per heavy atom. The molecule has 0 saturated heterocycles. The predicted octanol–water partition coefficient (Wildman–Crippen LogP) is 3.73. The van der Waals surface area contributed by atoms with Gasteiger partial charge in [0.25, 0.3) is 5.69 Å². The Labute approximate surface area is 168 Å². The summed E-state index contributed by atoms with van der Waals surface area (Å²) in [6, 6.07) is 4.57. The number of nitro benzene ring substituents is 1. The van der Waals surface area contributed by atoms with Gasteiger partial charge in [-0.25, -0.2) is 4.79 Å². The highest BCUT2D eigenvalue weighted by atomic mass is 19.4. The number of alkyl halides is 6. The Hall–Kier alpha value is -3.71. The fourth-order valence-corrected chi connectivity index (χ4v) is 2.79. The molecule has 3 aromatic rings. The van der Waals surface area contributed by atoms with Crippen LogP contribution in [0, 0.1) is 17.0 Å². The number of hydrogen-bond donors (Lipinski definition) is 0. The predicted molar refractivity (Wildman–Crippen MR) is 92.6 cm³/mol. The minimum atomic E-state index is -5.09. The maximum absolute atomic E-state index is 13.0. The Morgan fingerprint density at radius 1 is 0.968 bits per heavy atom. The van der Waals surface area contributed by atoms with Crippen molar-refractivity contribution in [2.45, 2.75) is 25.8 Å². The van der Waals surface area contributed by atoms with Crippen LogP contribution < -0.4 is 5.69 Å². The Balaban J connectivity index is 2.03. The third-order valence-corrected chi connectivity index (χ3v) is 4.25. The maximum atomic E-state index is 13.0. The minimum Gasteiger partial charge on any atom is -0.258 e. The van der Waals surface area contributed by atoms with Crippen molar-refractivity contribution < 1.29 is 31.3 Å². The highest BCUT2D eigenvalue weighted by Gasteiger charge is 2.37. The summed E-state index contributed by atoms with van der Waals surface area (Å²) in [5.74, 6) is 0. The lowest BCUT2D eigenvalue weighted by Crippen LogP contribution is -2.25. The number of hydrogen-bond acceptors (Lipinski definition) is 5. The number of aromatic nitrogens is 4. The standard InChI is InChI=1S/C17H11F6N5O3/c1-9-4-10(2-3-14(9)28(30)31)8-26-15(29)27(25-24-26)13-6-11(16(18,19)20)5-12(7-13)17(21,22)23/h2-7H,8H2,1H3. The molecular weight excluding hydrogens is 436 g/mol. The van der Waals surface area contributed by atoms with E-state index in [0.717, 1.165) is 0 Å². The van der Waals surface area contributed by atoms with Gasteiger partial charge in [-0.15, -0.1) is 0 Å². The molecule has 0 bridgehead atoms. The van der Waals surface area contributed by atoms with Crippen LogP contribution in [0.3, 0.4) is 0 Å². The third kappa shape index (κ3) is 4.57. The summed E-state index contributed by atoms with van der Waals surface area (Å²) in [6.45, 7) is 1.20. The molecule has 0 spiro atoms. The van der Waals surface area contributed by atoms with Crippen molar-refractivity contribution in [1.82, 2.24) is 19.8 Å². The number of halogens is 6. The van der Waals surface area contributed by atoms with Crippen LogP contribution in [0.25, 0.3) is 5.69 Å². The summed E-state index contributed by atoms with van der Waals surface area (Å²) >= 11 is 0. The van der Waals surface area contributed by atoms with Crippen LogP contribution >= 0.6 is 0 Å². The molecule has 0 saturated carbocycles. The molecule has 8 nitrogen and oxygen atoms in total. The van der Waals surface area contributed by atoms with Gasteiger partial charge < -0.3 is 0 Å². The lowest BCUT2D eigenvalue weighted by molar-refractivity contribution is -0.385. The second-order valence-electron chi connectivity index (χ2n) is 6.47. The Bertz CT molecular complexity index is 1180. The summed E-state index contributed by atoms with van der Waals surface area (Å²) in [5.41, 5.74) is -4.56. The van der Waals surface area contributed by atoms with Gasteiger partial charge in [0, 0.05) is 11.6 Å². The molecule has 0 atom stereocenters. The third-order valence-electron chi connectivity index (χ3n) is 4.25. The number of rotatable bonds is 4. The van der Waals surface area contributed by atoms with E-state index in [4.69, 9.17) is 0 Å². The lowest BCUT2D eigenvalue weighted by Gasteiger charge is -2.13. The number of tetrazole rings is 1. The first kappa shape index (κ1) is 22.0.